The molecule has 2 heterocycles. The van der Waals surface area contributed by atoms with Gasteiger partial charge in [-0.2, -0.15) is 0 Å². The Balaban J connectivity index is 2.46. The molecule has 2 rings (SSSR count). The smallest absolute Gasteiger partial charge is 0.232 e. The molecule has 2 aromatic rings. The van der Waals surface area contributed by atoms with Gasteiger partial charge >= 0.3 is 0 Å². The van der Waals surface area contributed by atoms with E-state index in [0.717, 1.165) is 14.6 Å². The van der Waals surface area contributed by atoms with Crippen LogP contribution in [0.2, 0.25) is 0 Å². The molecule has 0 bridgehead atoms. The Morgan fingerprint density at radius 2 is 2.31 bits per heavy atom. The zero-order valence-electron chi connectivity index (χ0n) is 6.73. The van der Waals surface area contributed by atoms with Crippen molar-refractivity contribution in [2.45, 2.75) is 6.92 Å². The Morgan fingerprint density at radius 3 is 2.77 bits per heavy atom. The molecule has 0 fully saturated rings. The number of nitrogens with two attached hydrogens (primary N) is 1. The van der Waals surface area contributed by atoms with Crippen LogP contribution in [0.1, 0.15) is 5.01 Å². The Labute approximate surface area is 86.7 Å². The summed E-state index contributed by atoms with van der Waals surface area (Å²) in [6.45, 7) is 1.89. The minimum Gasteiger partial charge on any atom is -0.381 e. The van der Waals surface area contributed by atoms with Gasteiger partial charge in [-0.15, -0.1) is 15.3 Å². The first kappa shape index (κ1) is 8.64. The van der Waals surface area contributed by atoms with E-state index in [1.54, 1.807) is 10.9 Å². The van der Waals surface area contributed by atoms with Crippen molar-refractivity contribution in [1.29, 1.82) is 0 Å². The third-order valence-electron chi connectivity index (χ3n) is 1.41. The topological polar surface area (TPSA) is 69.6 Å². The molecule has 7 heteroatoms. The first-order valence-electron chi connectivity index (χ1n) is 3.48. The van der Waals surface area contributed by atoms with Gasteiger partial charge in [0.1, 0.15) is 5.01 Å². The summed E-state index contributed by atoms with van der Waals surface area (Å²) in [5.41, 5.74) is 5.56. The summed E-state index contributed by atoms with van der Waals surface area (Å²) in [4.78, 5) is 0. The lowest BCUT2D eigenvalue weighted by atomic mass is 10.7. The molecule has 13 heavy (non-hydrogen) atoms. The van der Waals surface area contributed by atoms with Gasteiger partial charge in [0.25, 0.3) is 0 Å². The lowest BCUT2D eigenvalue weighted by Gasteiger charge is -1.89. The van der Waals surface area contributed by atoms with Crippen molar-refractivity contribution in [2.24, 2.45) is 0 Å². The fraction of sp³-hybridized carbons (Fsp3) is 0.167. The highest BCUT2D eigenvalue weighted by molar-refractivity contribution is 9.10. The number of aryl methyl sites for hydroxylation is 1. The quantitative estimate of drug-likeness (QED) is 0.840. The van der Waals surface area contributed by atoms with Crippen molar-refractivity contribution in [1.82, 2.24) is 20.0 Å². The average molecular weight is 260 g/mol. The number of nitrogen functional groups attached to an aromatic ring is 1. The van der Waals surface area contributed by atoms with Crippen molar-refractivity contribution >= 4 is 33.1 Å². The number of anilines is 1. The Hall–Kier alpha value is -0.950. The summed E-state index contributed by atoms with van der Waals surface area (Å²) in [5, 5.41) is 13.5. The van der Waals surface area contributed by atoms with Gasteiger partial charge in [-0.05, 0) is 22.9 Å². The molecule has 0 aromatic carbocycles. The molecule has 0 amide bonds. The SMILES string of the molecule is Cc1nnc(-n2cc(Br)c(N)n2)s1. The third-order valence-corrected chi connectivity index (χ3v) is 2.85. The number of rotatable bonds is 1. The molecular formula is C6H6BrN5S. The molecule has 0 atom stereocenters. The second kappa shape index (κ2) is 3.08. The molecule has 0 aliphatic carbocycles. The molecule has 0 aliphatic rings. The molecule has 0 spiro atoms. The van der Waals surface area contributed by atoms with E-state index >= 15 is 0 Å². The molecule has 0 unspecified atom stereocenters. The Morgan fingerprint density at radius 1 is 1.54 bits per heavy atom. The van der Waals surface area contributed by atoms with Crippen LogP contribution in [0.3, 0.4) is 0 Å². The fourth-order valence-corrected chi connectivity index (χ4v) is 1.73. The van der Waals surface area contributed by atoms with E-state index in [1.807, 2.05) is 6.92 Å². The van der Waals surface area contributed by atoms with Crippen molar-refractivity contribution in [3.05, 3.63) is 15.7 Å². The van der Waals surface area contributed by atoms with E-state index < -0.39 is 0 Å². The van der Waals surface area contributed by atoms with E-state index in [9.17, 15) is 0 Å². The Kier molecular flexibility index (Phi) is 2.04. The zero-order chi connectivity index (χ0) is 9.42. The van der Waals surface area contributed by atoms with Gasteiger partial charge < -0.3 is 5.73 Å². The van der Waals surface area contributed by atoms with Crippen LogP contribution >= 0.6 is 27.3 Å². The molecule has 0 saturated carbocycles. The number of hydrogen-bond acceptors (Lipinski definition) is 5. The highest BCUT2D eigenvalue weighted by atomic mass is 79.9. The van der Waals surface area contributed by atoms with E-state index in [4.69, 9.17) is 5.73 Å². The first-order valence-corrected chi connectivity index (χ1v) is 5.09. The minimum absolute atomic E-state index is 0.452. The van der Waals surface area contributed by atoms with Crippen LogP contribution in [0.5, 0.6) is 0 Å². The molecule has 2 N–H and O–H groups in total. The highest BCUT2D eigenvalue weighted by Crippen LogP contribution is 2.20. The van der Waals surface area contributed by atoms with Gasteiger partial charge in [0.05, 0.1) is 4.47 Å². The standard InChI is InChI=1S/C6H6BrN5S/c1-3-9-10-6(13-3)12-2-4(7)5(8)11-12/h2H,1H3,(H2,8,11). The summed E-state index contributed by atoms with van der Waals surface area (Å²) in [6.07, 6.45) is 1.76. The molecule has 0 saturated heterocycles. The predicted octanol–water partition coefficient (Wildman–Crippen LogP) is 1.38. The van der Waals surface area contributed by atoms with Gasteiger partial charge in [0.15, 0.2) is 5.82 Å². The van der Waals surface area contributed by atoms with E-state index in [1.165, 1.54) is 11.3 Å². The largest absolute Gasteiger partial charge is 0.381 e. The zero-order valence-corrected chi connectivity index (χ0v) is 9.13. The normalized spacial score (nSPS) is 10.6. The van der Waals surface area contributed by atoms with Crippen molar-refractivity contribution in [2.75, 3.05) is 5.73 Å². The summed E-state index contributed by atoms with van der Waals surface area (Å²) < 4.78 is 2.37. The van der Waals surface area contributed by atoms with Crippen molar-refractivity contribution < 1.29 is 0 Å². The monoisotopic (exact) mass is 259 g/mol. The molecular weight excluding hydrogens is 254 g/mol. The number of halogens is 1. The molecule has 2 aromatic heterocycles. The van der Waals surface area contributed by atoms with Crippen LogP contribution in [0.4, 0.5) is 5.82 Å². The van der Waals surface area contributed by atoms with Crippen LogP contribution in [0.25, 0.3) is 5.13 Å². The summed E-state index contributed by atoms with van der Waals surface area (Å²) in [7, 11) is 0. The van der Waals surface area contributed by atoms with Crippen molar-refractivity contribution in [3.8, 4) is 5.13 Å². The number of hydrogen-bond donors (Lipinski definition) is 1. The molecule has 5 nitrogen and oxygen atoms in total. The fourth-order valence-electron chi connectivity index (χ4n) is 0.843. The van der Waals surface area contributed by atoms with Gasteiger partial charge in [-0.1, -0.05) is 11.3 Å². The maximum atomic E-state index is 5.56. The summed E-state index contributed by atoms with van der Waals surface area (Å²) in [5.74, 6) is 0.452. The lowest BCUT2D eigenvalue weighted by molar-refractivity contribution is 0.847. The second-order valence-corrected chi connectivity index (χ2v) is 4.42. The number of nitrogens with zero attached hydrogens (tertiary/aromatic N) is 4. The predicted molar refractivity (Wildman–Crippen MR) is 53.9 cm³/mol. The Bertz CT molecular complexity index is 414. The number of aromatic nitrogens is 4. The second-order valence-electron chi connectivity index (χ2n) is 2.41. The third kappa shape index (κ3) is 1.56. The maximum absolute atomic E-state index is 5.56. The van der Waals surface area contributed by atoms with Crippen LogP contribution < -0.4 is 5.73 Å². The van der Waals surface area contributed by atoms with Crippen LogP contribution in [-0.4, -0.2) is 20.0 Å². The van der Waals surface area contributed by atoms with E-state index in [0.29, 0.717) is 5.82 Å². The molecule has 0 radical (unpaired) electrons. The van der Waals surface area contributed by atoms with E-state index in [-0.39, 0.29) is 0 Å². The van der Waals surface area contributed by atoms with Crippen LogP contribution in [0, 0.1) is 6.92 Å². The maximum Gasteiger partial charge on any atom is 0.232 e. The lowest BCUT2D eigenvalue weighted by Crippen LogP contribution is -1.95. The summed E-state index contributed by atoms with van der Waals surface area (Å²) in [6, 6.07) is 0. The van der Waals surface area contributed by atoms with Gasteiger partial charge in [-0.25, -0.2) is 4.68 Å². The van der Waals surface area contributed by atoms with Gasteiger partial charge in [-0.3, -0.25) is 0 Å². The minimum atomic E-state index is 0.452. The highest BCUT2D eigenvalue weighted by Gasteiger charge is 2.07. The van der Waals surface area contributed by atoms with Crippen molar-refractivity contribution in [3.63, 3.8) is 0 Å². The van der Waals surface area contributed by atoms with Crippen LogP contribution in [0.15, 0.2) is 10.7 Å². The van der Waals surface area contributed by atoms with Gasteiger partial charge in [0.2, 0.25) is 5.13 Å². The average Bonchev–Trinajstić information content (AvgIpc) is 2.61. The first-order chi connectivity index (χ1) is 6.16. The van der Waals surface area contributed by atoms with Crippen LogP contribution in [-0.2, 0) is 0 Å². The van der Waals surface area contributed by atoms with Gasteiger partial charge in [0, 0.05) is 6.20 Å². The summed E-state index contributed by atoms with van der Waals surface area (Å²) >= 11 is 4.73. The van der Waals surface area contributed by atoms with E-state index in [2.05, 4.69) is 31.2 Å². The molecule has 68 valence electrons. The molecule has 0 aliphatic heterocycles.